The Balaban J connectivity index is 2.77. The van der Waals surface area contributed by atoms with E-state index < -0.39 is 11.1 Å². The molecule has 0 aromatic rings. The number of hydrogen-bond donors (Lipinski definition) is 0. The summed E-state index contributed by atoms with van der Waals surface area (Å²) in [7, 11) is 0. The van der Waals surface area contributed by atoms with Gasteiger partial charge in [0.05, 0.1) is 0 Å². The van der Waals surface area contributed by atoms with E-state index in [2.05, 4.69) is 2.81 Å². The predicted octanol–water partition coefficient (Wildman–Crippen LogP) is 2.37. The number of alkyl halides is 3. The van der Waals surface area contributed by atoms with Gasteiger partial charge in [0.1, 0.15) is 0 Å². The summed E-state index contributed by atoms with van der Waals surface area (Å²) in [5, 5.41) is 1.43. The van der Waals surface area contributed by atoms with Gasteiger partial charge in [-0.3, -0.25) is 0 Å². The van der Waals surface area contributed by atoms with Gasteiger partial charge < -0.3 is 0 Å². The van der Waals surface area contributed by atoms with Crippen molar-refractivity contribution in [3.05, 3.63) is 11.5 Å². The molecule has 0 fully saturated rings. The Bertz CT molecular complexity index is 171. The zero-order valence-corrected chi connectivity index (χ0v) is 8.59. The van der Waals surface area contributed by atoms with Gasteiger partial charge in [-0.05, 0) is 0 Å². The molecule has 0 radical (unpaired) electrons. The van der Waals surface area contributed by atoms with Gasteiger partial charge in [0.25, 0.3) is 0 Å². The Labute approximate surface area is 81.8 Å². The topological polar surface area (TPSA) is 9.23 Å². The van der Waals surface area contributed by atoms with Crippen molar-refractivity contribution < 1.29 is 41.1 Å². The summed E-state index contributed by atoms with van der Waals surface area (Å²) in [6.07, 6.45) is -2.88. The average Bonchev–Trinajstić information content (AvgIpc) is 2.33. The Morgan fingerprint density at radius 3 is 2.36 bits per heavy atom. The quantitative estimate of drug-likeness (QED) is 0.716. The van der Waals surface area contributed by atoms with Crippen LogP contribution in [0.2, 0.25) is 0 Å². The summed E-state index contributed by atoms with van der Waals surface area (Å²) >= 11 is 1.14. The van der Waals surface area contributed by atoms with Crippen molar-refractivity contribution in [3.63, 3.8) is 0 Å². The Morgan fingerprint density at radius 1 is 1.55 bits per heavy atom. The van der Waals surface area contributed by atoms with E-state index >= 15 is 0 Å². The first-order chi connectivity index (χ1) is 5.02. The molecular weight excluding hydrogens is 256 g/mol. The van der Waals surface area contributed by atoms with Crippen molar-refractivity contribution in [2.45, 2.75) is 17.5 Å². The van der Waals surface area contributed by atoms with Gasteiger partial charge in [-0.2, -0.15) is 0 Å². The molecule has 0 aromatic carbocycles. The van der Waals surface area contributed by atoms with Gasteiger partial charge in [-0.15, -0.1) is 0 Å². The molecular formula is C5H4F3OSZr. The second-order valence-corrected chi connectivity index (χ2v) is 3.72. The fourth-order valence-corrected chi connectivity index (χ4v) is 2.35. The molecule has 1 nitrogen and oxygen atoms in total. The molecule has 0 aromatic heterocycles. The van der Waals surface area contributed by atoms with E-state index in [0.29, 0.717) is 36.9 Å². The Hall–Kier alpha value is 0.723. The van der Waals surface area contributed by atoms with Gasteiger partial charge in [0, 0.05) is 0 Å². The zero-order valence-electron chi connectivity index (χ0n) is 5.31. The monoisotopic (exact) mass is 259 g/mol. The first-order valence-corrected chi connectivity index (χ1v) is 4.64. The van der Waals surface area contributed by atoms with Gasteiger partial charge in [0.2, 0.25) is 0 Å². The second-order valence-electron chi connectivity index (χ2n) is 2.05. The molecule has 61 valence electrons. The van der Waals surface area contributed by atoms with Gasteiger partial charge in [-0.1, -0.05) is 0 Å². The molecule has 1 aliphatic rings. The van der Waals surface area contributed by atoms with Gasteiger partial charge >= 0.3 is 81.9 Å². The summed E-state index contributed by atoms with van der Waals surface area (Å²) in [5.74, 6) is 0. The molecule has 0 saturated heterocycles. The van der Waals surface area contributed by atoms with Crippen LogP contribution in [0.1, 0.15) is 6.42 Å². The second kappa shape index (κ2) is 3.23. The molecule has 1 aliphatic heterocycles. The third-order valence-corrected chi connectivity index (χ3v) is 3.75. The number of hydrogen-bond acceptors (Lipinski definition) is 2. The fraction of sp³-hybridized carbons (Fsp3) is 0.600. The molecule has 6 heteroatoms. The van der Waals surface area contributed by atoms with Crippen molar-refractivity contribution in [3.8, 4) is 0 Å². The van der Waals surface area contributed by atoms with Crippen molar-refractivity contribution in [1.82, 2.24) is 0 Å². The van der Waals surface area contributed by atoms with Crippen molar-refractivity contribution in [1.29, 1.82) is 0 Å². The van der Waals surface area contributed by atoms with Crippen LogP contribution in [0, 0.1) is 0 Å². The van der Waals surface area contributed by atoms with E-state index in [4.69, 9.17) is 0 Å². The van der Waals surface area contributed by atoms with Gasteiger partial charge in [0.15, 0.2) is 0 Å². The van der Waals surface area contributed by atoms with E-state index in [-0.39, 0.29) is 6.42 Å². The van der Waals surface area contributed by atoms with E-state index in [1.54, 1.807) is 0 Å². The van der Waals surface area contributed by atoms with Crippen molar-refractivity contribution >= 4 is 11.8 Å². The summed E-state index contributed by atoms with van der Waals surface area (Å²) in [6.45, 7) is 0. The molecule has 1 heterocycles. The van der Waals surface area contributed by atoms with Crippen LogP contribution in [0.4, 0.5) is 13.2 Å². The number of thioether (sulfide) groups is 1. The maximum atomic E-state index is 12.2. The molecule has 11 heavy (non-hydrogen) atoms. The van der Waals surface area contributed by atoms with E-state index in [1.807, 2.05) is 0 Å². The molecule has 1 rings (SSSR count). The van der Waals surface area contributed by atoms with Crippen LogP contribution in [0.25, 0.3) is 0 Å². The van der Waals surface area contributed by atoms with Crippen molar-refractivity contribution in [2.75, 3.05) is 0 Å². The molecule has 1 atom stereocenters. The van der Waals surface area contributed by atoms with Crippen molar-refractivity contribution in [2.24, 2.45) is 0 Å². The molecule has 0 N–H and O–H groups in total. The van der Waals surface area contributed by atoms with Crippen LogP contribution in [0.3, 0.4) is 0 Å². The first kappa shape index (κ1) is 9.81. The first-order valence-electron chi connectivity index (χ1n) is 2.76. The fourth-order valence-electron chi connectivity index (χ4n) is 0.716. The van der Waals surface area contributed by atoms with Crippen LogP contribution >= 0.6 is 11.8 Å². The van der Waals surface area contributed by atoms with E-state index in [1.165, 1.54) is 11.5 Å². The molecule has 0 amide bonds. The molecule has 0 aliphatic carbocycles. The third-order valence-electron chi connectivity index (χ3n) is 1.34. The van der Waals surface area contributed by atoms with Gasteiger partial charge in [-0.25, -0.2) is 0 Å². The number of halogens is 3. The molecule has 0 saturated carbocycles. The van der Waals surface area contributed by atoms with E-state index in [9.17, 15) is 13.2 Å². The van der Waals surface area contributed by atoms with Crippen LogP contribution in [0.5, 0.6) is 0 Å². The zero-order chi connectivity index (χ0) is 8.54. The Kier molecular flexibility index (Phi) is 2.88. The summed E-state index contributed by atoms with van der Waals surface area (Å²) in [6, 6.07) is 0. The van der Waals surface area contributed by atoms with Crippen LogP contribution in [-0.2, 0) is 28.0 Å². The average molecular weight is 260 g/mol. The minimum atomic E-state index is -4.27. The van der Waals surface area contributed by atoms with Crippen LogP contribution in [-0.4, -0.2) is 11.1 Å². The van der Waals surface area contributed by atoms with Crippen LogP contribution < -0.4 is 0 Å². The number of rotatable bonds is 1. The summed E-state index contributed by atoms with van der Waals surface area (Å²) in [4.78, 5) is -1.98. The van der Waals surface area contributed by atoms with E-state index in [0.717, 1.165) is 0 Å². The predicted molar refractivity (Wildman–Crippen MR) is 31.2 cm³/mol. The molecule has 0 bridgehead atoms. The molecule has 1 unspecified atom stereocenters. The summed E-state index contributed by atoms with van der Waals surface area (Å²) in [5.41, 5.74) is 0. The summed E-state index contributed by atoms with van der Waals surface area (Å²) < 4.78 is 41.3. The molecule has 0 spiro atoms. The standard InChI is InChI=1S/C5H4F3OS.Zr/c6-5(7,8)4(9)2-1-3-10-4;/h1,3H,2H2;/q-1;+1. The minimum absolute atomic E-state index is 0.0770. The normalized spacial score (nSPS) is 31.1. The van der Waals surface area contributed by atoms with Crippen LogP contribution in [0.15, 0.2) is 11.5 Å². The maximum absolute atomic E-state index is 12.2. The Morgan fingerprint density at radius 2 is 2.18 bits per heavy atom. The third kappa shape index (κ3) is 1.73. The SMILES string of the molecule is FC(F)(F)C1([O][Zr])CC=CS1.